The van der Waals surface area contributed by atoms with E-state index in [2.05, 4.69) is 106 Å². The number of benzene rings is 3. The number of amides is 2. The highest BCUT2D eigenvalue weighted by atomic mass is 16.2. The molecular weight excluding hydrogens is 406 g/mol. The van der Waals surface area contributed by atoms with Crippen LogP contribution in [0.3, 0.4) is 0 Å². The third-order valence-electron chi connectivity index (χ3n) is 6.50. The van der Waals surface area contributed by atoms with Crippen molar-refractivity contribution in [1.82, 2.24) is 4.90 Å². The number of anilines is 2. The van der Waals surface area contributed by atoms with Gasteiger partial charge in [-0.25, -0.2) is 4.79 Å². The summed E-state index contributed by atoms with van der Waals surface area (Å²) in [5, 5.41) is 0. The highest BCUT2D eigenvalue weighted by Crippen LogP contribution is 2.29. The molecule has 4 rings (SSSR count). The number of urea groups is 1. The fourth-order valence-corrected chi connectivity index (χ4v) is 4.52. The summed E-state index contributed by atoms with van der Waals surface area (Å²) in [6, 6.07) is 27.9. The Morgan fingerprint density at radius 2 is 1.52 bits per heavy atom. The molecule has 0 bridgehead atoms. The molecule has 0 N–H and O–H groups in total. The predicted molar refractivity (Wildman–Crippen MR) is 138 cm³/mol. The first-order chi connectivity index (χ1) is 15.7. The van der Waals surface area contributed by atoms with Crippen LogP contribution < -0.4 is 9.80 Å². The zero-order valence-corrected chi connectivity index (χ0v) is 20.5. The van der Waals surface area contributed by atoms with Gasteiger partial charge in [0, 0.05) is 38.6 Å². The molecule has 4 heteroatoms. The second-order valence-electron chi connectivity index (χ2n) is 10.2. The standard InChI is InChI=1S/C29H35N3O/c1-29(2,3)24-13-11-22(12-14-24)19-27-21-31(5)28(33)32(27)26-17-15-25(16-18-26)30(4)20-23-9-7-6-8-10-23/h6-18,27H,19-21H2,1-5H3/t27-/m0/s1. The average Bonchev–Trinajstić information content (AvgIpc) is 3.07. The van der Waals surface area contributed by atoms with E-state index in [1.54, 1.807) is 0 Å². The Balaban J connectivity index is 1.49. The van der Waals surface area contributed by atoms with Crippen molar-refractivity contribution in [3.05, 3.63) is 95.6 Å². The molecule has 1 aliphatic rings. The zero-order chi connectivity index (χ0) is 23.6. The third kappa shape index (κ3) is 5.22. The molecule has 1 fully saturated rings. The number of rotatable bonds is 6. The van der Waals surface area contributed by atoms with Gasteiger partial charge in [-0.1, -0.05) is 75.4 Å². The van der Waals surface area contributed by atoms with Gasteiger partial charge in [0.2, 0.25) is 0 Å². The Bertz CT molecular complexity index is 1070. The van der Waals surface area contributed by atoms with Gasteiger partial charge < -0.3 is 9.80 Å². The van der Waals surface area contributed by atoms with Crippen LogP contribution in [0.25, 0.3) is 0 Å². The van der Waals surface area contributed by atoms with Crippen LogP contribution in [0.1, 0.15) is 37.5 Å². The minimum Gasteiger partial charge on any atom is -0.370 e. The highest BCUT2D eigenvalue weighted by molar-refractivity contribution is 5.95. The molecule has 4 nitrogen and oxygen atoms in total. The molecule has 0 saturated carbocycles. The Kier molecular flexibility index (Phi) is 6.46. The molecule has 0 unspecified atom stereocenters. The van der Waals surface area contributed by atoms with Gasteiger partial charge in [-0.2, -0.15) is 0 Å². The second kappa shape index (κ2) is 9.30. The predicted octanol–water partition coefficient (Wildman–Crippen LogP) is 6.10. The summed E-state index contributed by atoms with van der Waals surface area (Å²) in [4.78, 5) is 19.0. The van der Waals surface area contributed by atoms with E-state index in [4.69, 9.17) is 0 Å². The summed E-state index contributed by atoms with van der Waals surface area (Å²) < 4.78 is 0. The van der Waals surface area contributed by atoms with Crippen LogP contribution in [0, 0.1) is 0 Å². The minimum atomic E-state index is 0.0664. The Morgan fingerprint density at radius 3 is 2.12 bits per heavy atom. The van der Waals surface area contributed by atoms with Crippen molar-refractivity contribution in [1.29, 1.82) is 0 Å². The normalized spacial score (nSPS) is 16.4. The molecule has 0 aliphatic carbocycles. The molecule has 1 saturated heterocycles. The molecule has 1 atom stereocenters. The molecule has 0 spiro atoms. The molecule has 1 heterocycles. The highest BCUT2D eigenvalue weighted by Gasteiger charge is 2.36. The van der Waals surface area contributed by atoms with E-state index in [1.807, 2.05) is 22.9 Å². The minimum absolute atomic E-state index is 0.0664. The van der Waals surface area contributed by atoms with Gasteiger partial charge in [-0.3, -0.25) is 4.90 Å². The molecule has 172 valence electrons. The van der Waals surface area contributed by atoms with Crippen LogP contribution >= 0.6 is 0 Å². The molecule has 3 aromatic rings. The summed E-state index contributed by atoms with van der Waals surface area (Å²) in [6.45, 7) is 8.27. The van der Waals surface area contributed by atoms with E-state index in [9.17, 15) is 4.79 Å². The lowest BCUT2D eigenvalue weighted by Crippen LogP contribution is -2.35. The van der Waals surface area contributed by atoms with Crippen molar-refractivity contribution in [2.24, 2.45) is 0 Å². The van der Waals surface area contributed by atoms with Gasteiger partial charge in [0.1, 0.15) is 0 Å². The van der Waals surface area contributed by atoms with Crippen LogP contribution in [-0.4, -0.2) is 37.6 Å². The first kappa shape index (κ1) is 22.9. The molecule has 1 aliphatic heterocycles. The molecule has 3 aromatic carbocycles. The Labute approximate surface area is 198 Å². The van der Waals surface area contributed by atoms with Crippen molar-refractivity contribution in [2.45, 2.75) is 45.2 Å². The van der Waals surface area contributed by atoms with Crippen molar-refractivity contribution < 1.29 is 4.79 Å². The van der Waals surface area contributed by atoms with E-state index in [0.717, 1.165) is 30.9 Å². The number of hydrogen-bond acceptors (Lipinski definition) is 2. The molecule has 0 aromatic heterocycles. The van der Waals surface area contributed by atoms with Gasteiger partial charge in [0.25, 0.3) is 0 Å². The van der Waals surface area contributed by atoms with Crippen molar-refractivity contribution in [3.8, 4) is 0 Å². The van der Waals surface area contributed by atoms with E-state index < -0.39 is 0 Å². The average molecular weight is 442 g/mol. The maximum atomic E-state index is 13.0. The smallest absolute Gasteiger partial charge is 0.324 e. The van der Waals surface area contributed by atoms with E-state index in [0.29, 0.717) is 0 Å². The van der Waals surface area contributed by atoms with Crippen LogP contribution in [-0.2, 0) is 18.4 Å². The molecular formula is C29H35N3O. The van der Waals surface area contributed by atoms with Crippen LogP contribution in [0.5, 0.6) is 0 Å². The van der Waals surface area contributed by atoms with E-state index in [1.165, 1.54) is 16.7 Å². The summed E-state index contributed by atoms with van der Waals surface area (Å²) in [5.41, 5.74) is 6.11. The second-order valence-corrected chi connectivity index (χ2v) is 10.2. The number of nitrogens with zero attached hydrogens (tertiary/aromatic N) is 3. The zero-order valence-electron chi connectivity index (χ0n) is 20.5. The molecule has 0 radical (unpaired) electrons. The first-order valence-corrected chi connectivity index (χ1v) is 11.7. The van der Waals surface area contributed by atoms with Crippen molar-refractivity contribution in [3.63, 3.8) is 0 Å². The fraction of sp³-hybridized carbons (Fsp3) is 0.345. The van der Waals surface area contributed by atoms with Crippen LogP contribution in [0.15, 0.2) is 78.9 Å². The number of carbonyl (C=O) groups is 1. The van der Waals surface area contributed by atoms with Crippen molar-refractivity contribution >= 4 is 17.4 Å². The summed E-state index contributed by atoms with van der Waals surface area (Å²) >= 11 is 0. The van der Waals surface area contributed by atoms with Gasteiger partial charge in [0.05, 0.1) is 6.04 Å². The lowest BCUT2D eigenvalue weighted by atomic mass is 9.86. The number of likely N-dealkylation sites (N-methyl/N-ethyl adjacent to an activating group) is 1. The van der Waals surface area contributed by atoms with E-state index >= 15 is 0 Å². The fourth-order valence-electron chi connectivity index (χ4n) is 4.52. The molecule has 33 heavy (non-hydrogen) atoms. The van der Waals surface area contributed by atoms with Gasteiger partial charge in [-0.15, -0.1) is 0 Å². The topological polar surface area (TPSA) is 26.8 Å². The SMILES string of the molecule is CN1C[C@H](Cc2ccc(C(C)(C)C)cc2)N(c2ccc(N(C)Cc3ccccc3)cc2)C1=O. The van der Waals surface area contributed by atoms with Crippen LogP contribution in [0.4, 0.5) is 16.2 Å². The van der Waals surface area contributed by atoms with E-state index in [-0.39, 0.29) is 17.5 Å². The maximum absolute atomic E-state index is 13.0. The Morgan fingerprint density at radius 1 is 0.879 bits per heavy atom. The monoisotopic (exact) mass is 441 g/mol. The third-order valence-corrected chi connectivity index (χ3v) is 6.50. The number of carbonyl (C=O) groups excluding carboxylic acids is 1. The summed E-state index contributed by atoms with van der Waals surface area (Å²) in [6.07, 6.45) is 0.843. The lowest BCUT2D eigenvalue weighted by Gasteiger charge is -2.25. The number of hydrogen-bond donors (Lipinski definition) is 0. The van der Waals surface area contributed by atoms with Gasteiger partial charge in [0.15, 0.2) is 0 Å². The van der Waals surface area contributed by atoms with Gasteiger partial charge >= 0.3 is 6.03 Å². The summed E-state index contributed by atoms with van der Waals surface area (Å²) in [5.74, 6) is 0. The van der Waals surface area contributed by atoms with Crippen molar-refractivity contribution in [2.75, 3.05) is 30.4 Å². The molecule has 2 amide bonds. The largest absolute Gasteiger partial charge is 0.370 e. The Hall–Kier alpha value is -3.27. The summed E-state index contributed by atoms with van der Waals surface area (Å²) in [7, 11) is 3.99. The van der Waals surface area contributed by atoms with Gasteiger partial charge in [-0.05, 0) is 52.8 Å². The maximum Gasteiger partial charge on any atom is 0.324 e. The first-order valence-electron chi connectivity index (χ1n) is 11.7. The lowest BCUT2D eigenvalue weighted by molar-refractivity contribution is 0.229. The quantitative estimate of drug-likeness (QED) is 0.462. The van der Waals surface area contributed by atoms with Crippen LogP contribution in [0.2, 0.25) is 0 Å².